The summed E-state index contributed by atoms with van der Waals surface area (Å²) < 4.78 is 5.04. The molecule has 1 heterocycles. The van der Waals surface area contributed by atoms with Crippen LogP contribution in [0.4, 0.5) is 5.69 Å². The predicted molar refractivity (Wildman–Crippen MR) is 64.1 cm³/mol. The summed E-state index contributed by atoms with van der Waals surface area (Å²) in [5.41, 5.74) is 1.22. The van der Waals surface area contributed by atoms with E-state index in [-0.39, 0.29) is 16.7 Å². The molecule has 0 radical (unpaired) electrons. The van der Waals surface area contributed by atoms with Gasteiger partial charge in [0.25, 0.3) is 5.69 Å². The van der Waals surface area contributed by atoms with Crippen molar-refractivity contribution in [1.82, 2.24) is 10.3 Å². The molecule has 1 unspecified atom stereocenters. The number of methoxy groups -OCH3 is 1. The summed E-state index contributed by atoms with van der Waals surface area (Å²) in [6.45, 7) is 2.21. The van der Waals surface area contributed by atoms with Gasteiger partial charge in [0.15, 0.2) is 0 Å². The first-order valence-electron chi connectivity index (χ1n) is 5.35. The van der Waals surface area contributed by atoms with E-state index >= 15 is 0 Å². The van der Waals surface area contributed by atoms with Crippen molar-refractivity contribution in [3.8, 4) is 0 Å². The van der Waals surface area contributed by atoms with E-state index in [1.165, 1.54) is 0 Å². The van der Waals surface area contributed by atoms with E-state index in [9.17, 15) is 10.1 Å². The lowest BCUT2D eigenvalue weighted by Crippen LogP contribution is -2.32. The Bertz CT molecular complexity index is 396. The van der Waals surface area contributed by atoms with Gasteiger partial charge in [-0.3, -0.25) is 15.1 Å². The van der Waals surface area contributed by atoms with Crippen molar-refractivity contribution < 1.29 is 9.66 Å². The molecule has 0 aliphatic carbocycles. The largest absolute Gasteiger partial charge is 0.383 e. The highest BCUT2D eigenvalue weighted by molar-refractivity contribution is 5.43. The topological polar surface area (TPSA) is 77.3 Å². The average molecular weight is 239 g/mol. The van der Waals surface area contributed by atoms with Gasteiger partial charge < -0.3 is 10.1 Å². The number of nitrogens with zero attached hydrogens (tertiary/aromatic N) is 2. The number of aromatic nitrogens is 1. The number of hydrogen-bond donors (Lipinski definition) is 1. The maximum absolute atomic E-state index is 11.0. The Morgan fingerprint density at radius 2 is 2.35 bits per heavy atom. The summed E-state index contributed by atoms with van der Waals surface area (Å²) in [6.07, 6.45) is 2.07. The normalized spacial score (nSPS) is 12.4. The Balaban J connectivity index is 2.97. The van der Waals surface area contributed by atoms with Crippen LogP contribution in [-0.2, 0) is 11.2 Å². The molecule has 17 heavy (non-hydrogen) atoms. The minimum atomic E-state index is -0.378. The second kappa shape index (κ2) is 6.27. The van der Waals surface area contributed by atoms with Gasteiger partial charge in [0.05, 0.1) is 11.5 Å². The van der Waals surface area contributed by atoms with Crippen LogP contribution in [0.15, 0.2) is 12.3 Å². The lowest BCUT2D eigenvalue weighted by molar-refractivity contribution is -0.386. The highest BCUT2D eigenvalue weighted by Gasteiger charge is 2.20. The van der Waals surface area contributed by atoms with Gasteiger partial charge in [0.2, 0.25) is 0 Å². The van der Waals surface area contributed by atoms with Gasteiger partial charge in [-0.05, 0) is 20.0 Å². The van der Waals surface area contributed by atoms with E-state index in [0.717, 1.165) is 0 Å². The number of pyridine rings is 1. The van der Waals surface area contributed by atoms with Crippen LogP contribution in [0.1, 0.15) is 11.3 Å². The molecule has 0 saturated carbocycles. The quantitative estimate of drug-likeness (QED) is 0.593. The maximum Gasteiger partial charge on any atom is 0.293 e. The number of aryl methyl sites for hydroxylation is 1. The summed E-state index contributed by atoms with van der Waals surface area (Å²) in [5.74, 6) is 0. The smallest absolute Gasteiger partial charge is 0.293 e. The molecule has 6 heteroatoms. The first-order chi connectivity index (χ1) is 8.10. The van der Waals surface area contributed by atoms with Crippen molar-refractivity contribution in [2.75, 3.05) is 20.8 Å². The zero-order valence-electron chi connectivity index (χ0n) is 10.3. The zero-order chi connectivity index (χ0) is 12.8. The van der Waals surface area contributed by atoms with Crippen LogP contribution in [0.3, 0.4) is 0 Å². The maximum atomic E-state index is 11.0. The predicted octanol–water partition coefficient (Wildman–Crippen LogP) is 1.08. The molecule has 0 bridgehead atoms. The van der Waals surface area contributed by atoms with E-state index in [0.29, 0.717) is 24.3 Å². The number of nitro groups is 1. The van der Waals surface area contributed by atoms with Crippen molar-refractivity contribution in [2.45, 2.75) is 19.4 Å². The molecule has 0 spiro atoms. The zero-order valence-corrected chi connectivity index (χ0v) is 10.3. The monoisotopic (exact) mass is 239 g/mol. The summed E-state index contributed by atoms with van der Waals surface area (Å²) in [4.78, 5) is 14.7. The average Bonchev–Trinajstić information content (AvgIpc) is 2.28. The Morgan fingerprint density at radius 1 is 1.65 bits per heavy atom. The van der Waals surface area contributed by atoms with Gasteiger partial charge in [0.1, 0.15) is 5.69 Å². The molecule has 0 aromatic carbocycles. The molecule has 1 rings (SSSR count). The number of likely N-dealkylation sites (N-methyl/N-ethyl adjacent to an activating group) is 1. The Hall–Kier alpha value is -1.53. The Kier molecular flexibility index (Phi) is 4.99. The summed E-state index contributed by atoms with van der Waals surface area (Å²) in [7, 11) is 3.40. The van der Waals surface area contributed by atoms with E-state index in [2.05, 4.69) is 10.3 Å². The molecule has 0 amide bonds. The van der Waals surface area contributed by atoms with Crippen LogP contribution in [0.25, 0.3) is 0 Å². The molecule has 1 atom stereocenters. The van der Waals surface area contributed by atoms with Crippen molar-refractivity contribution in [3.63, 3.8) is 0 Å². The number of nitrogens with one attached hydrogen (secondary N) is 1. The molecule has 0 aliphatic heterocycles. The molecule has 1 N–H and O–H groups in total. The first-order valence-corrected chi connectivity index (χ1v) is 5.35. The van der Waals surface area contributed by atoms with E-state index < -0.39 is 0 Å². The van der Waals surface area contributed by atoms with Gasteiger partial charge in [0, 0.05) is 31.3 Å². The van der Waals surface area contributed by atoms with Crippen molar-refractivity contribution >= 4 is 5.69 Å². The molecule has 94 valence electrons. The van der Waals surface area contributed by atoms with Crippen LogP contribution in [0.5, 0.6) is 0 Å². The molecular formula is C11H17N3O3. The first kappa shape index (κ1) is 13.5. The molecular weight excluding hydrogens is 222 g/mol. The standard InChI is InChI=1S/C11H17N3O3/c1-8-4-5-13-10(11(8)14(15)16)6-9(12-2)7-17-3/h4-5,9,12H,6-7H2,1-3H3. The highest BCUT2D eigenvalue weighted by Crippen LogP contribution is 2.21. The van der Waals surface area contributed by atoms with Crippen LogP contribution in [0.2, 0.25) is 0 Å². The fourth-order valence-corrected chi connectivity index (χ4v) is 1.68. The molecule has 1 aromatic rings. The number of rotatable bonds is 6. The van der Waals surface area contributed by atoms with Crippen LogP contribution in [-0.4, -0.2) is 36.7 Å². The highest BCUT2D eigenvalue weighted by atomic mass is 16.6. The lowest BCUT2D eigenvalue weighted by atomic mass is 10.1. The second-order valence-electron chi connectivity index (χ2n) is 3.83. The lowest BCUT2D eigenvalue weighted by Gasteiger charge is -2.14. The summed E-state index contributed by atoms with van der Waals surface area (Å²) in [6, 6.07) is 1.67. The Morgan fingerprint density at radius 3 is 2.88 bits per heavy atom. The van der Waals surface area contributed by atoms with Gasteiger partial charge in [-0.2, -0.15) is 0 Å². The minimum absolute atomic E-state index is 0.0213. The van der Waals surface area contributed by atoms with Crippen molar-refractivity contribution in [3.05, 3.63) is 33.6 Å². The third-order valence-corrected chi connectivity index (χ3v) is 2.60. The van der Waals surface area contributed by atoms with Crippen LogP contribution >= 0.6 is 0 Å². The van der Waals surface area contributed by atoms with E-state index in [1.54, 1.807) is 33.3 Å². The van der Waals surface area contributed by atoms with E-state index in [4.69, 9.17) is 4.74 Å². The fraction of sp³-hybridized carbons (Fsp3) is 0.545. The van der Waals surface area contributed by atoms with Crippen LogP contribution in [0, 0.1) is 17.0 Å². The summed E-state index contributed by atoms with van der Waals surface area (Å²) in [5, 5.41) is 14.0. The van der Waals surface area contributed by atoms with Gasteiger partial charge in [-0.15, -0.1) is 0 Å². The molecule has 0 fully saturated rings. The molecule has 0 saturated heterocycles. The third-order valence-electron chi connectivity index (χ3n) is 2.60. The summed E-state index contributed by atoms with van der Waals surface area (Å²) >= 11 is 0. The van der Waals surface area contributed by atoms with E-state index in [1.807, 2.05) is 0 Å². The minimum Gasteiger partial charge on any atom is -0.383 e. The van der Waals surface area contributed by atoms with Gasteiger partial charge in [-0.25, -0.2) is 0 Å². The third kappa shape index (κ3) is 3.47. The van der Waals surface area contributed by atoms with Gasteiger partial charge in [-0.1, -0.05) is 0 Å². The molecule has 0 aliphatic rings. The number of ether oxygens (including phenoxy) is 1. The van der Waals surface area contributed by atoms with Crippen molar-refractivity contribution in [1.29, 1.82) is 0 Å². The molecule has 1 aromatic heterocycles. The SMILES string of the molecule is CNC(COC)Cc1nccc(C)c1[N+](=O)[O-]. The fourth-order valence-electron chi connectivity index (χ4n) is 1.68. The van der Waals surface area contributed by atoms with Gasteiger partial charge >= 0.3 is 0 Å². The molecule has 6 nitrogen and oxygen atoms in total. The number of hydrogen-bond acceptors (Lipinski definition) is 5. The second-order valence-corrected chi connectivity index (χ2v) is 3.83. The van der Waals surface area contributed by atoms with Crippen molar-refractivity contribution in [2.24, 2.45) is 0 Å². The Labute approximate surface area is 100 Å². The van der Waals surface area contributed by atoms with Crippen LogP contribution < -0.4 is 5.32 Å².